The van der Waals surface area contributed by atoms with Gasteiger partial charge in [0.05, 0.1) is 27.2 Å². The molecule has 0 bridgehead atoms. The molecule has 0 spiro atoms. The molecule has 1 aromatic carbocycles. The van der Waals surface area contributed by atoms with Crippen molar-refractivity contribution in [3.63, 3.8) is 0 Å². The summed E-state index contributed by atoms with van der Waals surface area (Å²) < 4.78 is 16.1. The Balaban J connectivity index is 2.49. The molecule has 1 aliphatic rings. The third-order valence-electron chi connectivity index (χ3n) is 4.33. The van der Waals surface area contributed by atoms with Gasteiger partial charge < -0.3 is 14.2 Å². The zero-order valence-electron chi connectivity index (χ0n) is 13.3. The van der Waals surface area contributed by atoms with E-state index in [1.54, 1.807) is 14.2 Å². The van der Waals surface area contributed by atoms with Gasteiger partial charge in [0.1, 0.15) is 11.5 Å². The molecule has 1 aromatic rings. The Bertz CT molecular complexity index is 485. The summed E-state index contributed by atoms with van der Waals surface area (Å²) in [5.74, 6) is 1.44. The number of carbonyl (C=O) groups is 1. The van der Waals surface area contributed by atoms with Crippen LogP contribution in [0.1, 0.15) is 42.7 Å². The molecule has 0 amide bonds. The maximum atomic E-state index is 12.1. The number of hydrogen-bond donors (Lipinski definition) is 0. The number of hydrogen-bond acceptors (Lipinski definition) is 4. The summed E-state index contributed by atoms with van der Waals surface area (Å²) in [4.78, 5) is 12.1. The predicted molar refractivity (Wildman–Crippen MR) is 81.0 cm³/mol. The fraction of sp³-hybridized carbons (Fsp3) is 0.588. The van der Waals surface area contributed by atoms with Crippen molar-refractivity contribution < 1.29 is 19.0 Å². The third kappa shape index (κ3) is 3.14. The Morgan fingerprint density at radius 3 is 2.14 bits per heavy atom. The number of aryl methyl sites for hydroxylation is 1. The fourth-order valence-corrected chi connectivity index (χ4v) is 3.35. The molecule has 4 nitrogen and oxygen atoms in total. The molecule has 1 saturated carbocycles. The second-order valence-electron chi connectivity index (χ2n) is 5.60. The molecule has 0 aliphatic heterocycles. The summed E-state index contributed by atoms with van der Waals surface area (Å²) in [5, 5.41) is 0. The highest BCUT2D eigenvalue weighted by molar-refractivity contribution is 5.74. The summed E-state index contributed by atoms with van der Waals surface area (Å²) in [6.45, 7) is 2.01. The van der Waals surface area contributed by atoms with Crippen molar-refractivity contribution in [3.05, 3.63) is 23.3 Å². The van der Waals surface area contributed by atoms with Gasteiger partial charge >= 0.3 is 5.97 Å². The van der Waals surface area contributed by atoms with Crippen molar-refractivity contribution in [2.24, 2.45) is 5.92 Å². The molecule has 0 saturated heterocycles. The van der Waals surface area contributed by atoms with E-state index in [1.807, 2.05) is 19.1 Å². The van der Waals surface area contributed by atoms with E-state index in [-0.39, 0.29) is 17.8 Å². The quantitative estimate of drug-likeness (QED) is 0.797. The van der Waals surface area contributed by atoms with Crippen LogP contribution < -0.4 is 9.47 Å². The van der Waals surface area contributed by atoms with Crippen molar-refractivity contribution in [3.8, 4) is 11.5 Å². The first-order valence-corrected chi connectivity index (χ1v) is 7.42. The van der Waals surface area contributed by atoms with Crippen molar-refractivity contribution in [2.75, 3.05) is 21.3 Å². The van der Waals surface area contributed by atoms with Crippen LogP contribution in [-0.4, -0.2) is 27.3 Å². The van der Waals surface area contributed by atoms with Crippen LogP contribution >= 0.6 is 0 Å². The summed E-state index contributed by atoms with van der Waals surface area (Å²) >= 11 is 0. The highest BCUT2D eigenvalue weighted by Crippen LogP contribution is 2.46. The van der Waals surface area contributed by atoms with Crippen LogP contribution in [0.5, 0.6) is 11.5 Å². The minimum absolute atomic E-state index is 0.0942. The van der Waals surface area contributed by atoms with E-state index in [0.29, 0.717) is 0 Å². The summed E-state index contributed by atoms with van der Waals surface area (Å²) in [5.41, 5.74) is 2.08. The van der Waals surface area contributed by atoms with Crippen molar-refractivity contribution in [1.29, 1.82) is 0 Å². The van der Waals surface area contributed by atoms with Gasteiger partial charge in [-0.05, 0) is 37.5 Å². The fourth-order valence-electron chi connectivity index (χ4n) is 3.35. The van der Waals surface area contributed by atoms with Gasteiger partial charge in [0.2, 0.25) is 0 Å². The Morgan fingerprint density at radius 2 is 1.62 bits per heavy atom. The van der Waals surface area contributed by atoms with E-state index in [2.05, 4.69) is 0 Å². The molecular weight excluding hydrogens is 268 g/mol. The lowest BCUT2D eigenvalue weighted by molar-refractivity contribution is -0.147. The lowest BCUT2D eigenvalue weighted by atomic mass is 9.74. The van der Waals surface area contributed by atoms with Crippen molar-refractivity contribution in [2.45, 2.75) is 38.5 Å². The summed E-state index contributed by atoms with van der Waals surface area (Å²) in [7, 11) is 4.78. The van der Waals surface area contributed by atoms with Crippen LogP contribution in [0.2, 0.25) is 0 Å². The van der Waals surface area contributed by atoms with Crippen molar-refractivity contribution >= 4 is 5.97 Å². The molecule has 0 aromatic heterocycles. The van der Waals surface area contributed by atoms with Crippen LogP contribution in [0.15, 0.2) is 12.1 Å². The predicted octanol–water partition coefficient (Wildman–Crippen LogP) is 3.46. The van der Waals surface area contributed by atoms with E-state index in [4.69, 9.17) is 14.2 Å². The highest BCUT2D eigenvalue weighted by Gasteiger charge is 2.36. The monoisotopic (exact) mass is 292 g/mol. The largest absolute Gasteiger partial charge is 0.496 e. The molecule has 21 heavy (non-hydrogen) atoms. The third-order valence-corrected chi connectivity index (χ3v) is 4.33. The Hall–Kier alpha value is -1.71. The maximum Gasteiger partial charge on any atom is 0.309 e. The Kier molecular flexibility index (Phi) is 5.10. The molecule has 0 heterocycles. The van der Waals surface area contributed by atoms with Crippen LogP contribution in [0.4, 0.5) is 0 Å². The van der Waals surface area contributed by atoms with E-state index in [0.717, 1.165) is 48.3 Å². The lowest BCUT2D eigenvalue weighted by Gasteiger charge is -2.32. The number of rotatable bonds is 4. The molecular formula is C17H24O4. The van der Waals surface area contributed by atoms with E-state index < -0.39 is 0 Å². The second kappa shape index (κ2) is 6.83. The zero-order valence-corrected chi connectivity index (χ0v) is 13.3. The number of ether oxygens (including phenoxy) is 3. The van der Waals surface area contributed by atoms with Crippen LogP contribution in [-0.2, 0) is 9.53 Å². The molecule has 2 atom stereocenters. The van der Waals surface area contributed by atoms with E-state index in [9.17, 15) is 4.79 Å². The molecule has 1 unspecified atom stereocenters. The maximum absolute atomic E-state index is 12.1. The second-order valence-corrected chi connectivity index (χ2v) is 5.60. The number of carbonyl (C=O) groups excluding carboxylic acids is 1. The first kappa shape index (κ1) is 15.7. The summed E-state index contributed by atoms with van der Waals surface area (Å²) in [6, 6.07) is 4.00. The van der Waals surface area contributed by atoms with Gasteiger partial charge in [-0.2, -0.15) is 0 Å². The van der Waals surface area contributed by atoms with E-state index in [1.165, 1.54) is 7.11 Å². The van der Waals surface area contributed by atoms with Crippen LogP contribution in [0.3, 0.4) is 0 Å². The van der Waals surface area contributed by atoms with Gasteiger partial charge in [0.15, 0.2) is 0 Å². The minimum Gasteiger partial charge on any atom is -0.496 e. The minimum atomic E-state index is -0.135. The summed E-state index contributed by atoms with van der Waals surface area (Å²) in [6.07, 6.45) is 3.98. The van der Waals surface area contributed by atoms with Gasteiger partial charge in [0.25, 0.3) is 0 Å². The van der Waals surface area contributed by atoms with E-state index >= 15 is 0 Å². The number of benzene rings is 1. The van der Waals surface area contributed by atoms with Gasteiger partial charge in [-0.3, -0.25) is 4.79 Å². The SMILES string of the molecule is COC(=O)C1CCCC[C@H]1c1c(OC)cc(C)cc1OC. The lowest BCUT2D eigenvalue weighted by Crippen LogP contribution is -2.27. The van der Waals surface area contributed by atoms with Crippen molar-refractivity contribution in [1.82, 2.24) is 0 Å². The molecule has 1 aliphatic carbocycles. The van der Waals surface area contributed by atoms with Gasteiger partial charge in [0, 0.05) is 11.5 Å². The first-order valence-electron chi connectivity index (χ1n) is 7.42. The highest BCUT2D eigenvalue weighted by atomic mass is 16.5. The zero-order chi connectivity index (χ0) is 15.4. The standard InChI is InChI=1S/C17H24O4/c1-11-9-14(19-2)16(15(10-11)20-3)12-7-5-6-8-13(12)17(18)21-4/h9-10,12-13H,5-8H2,1-4H3/t12-,13?/m1/s1. The van der Waals surface area contributed by atoms with Crippen LogP contribution in [0.25, 0.3) is 0 Å². The number of methoxy groups -OCH3 is 3. The smallest absolute Gasteiger partial charge is 0.309 e. The molecule has 116 valence electrons. The Labute approximate surface area is 126 Å². The van der Waals surface area contributed by atoms with Crippen LogP contribution in [0, 0.1) is 12.8 Å². The molecule has 2 rings (SSSR count). The Morgan fingerprint density at radius 1 is 1.05 bits per heavy atom. The number of esters is 1. The van der Waals surface area contributed by atoms with Gasteiger partial charge in [-0.1, -0.05) is 12.8 Å². The topological polar surface area (TPSA) is 44.8 Å². The molecule has 1 fully saturated rings. The normalized spacial score (nSPS) is 21.7. The average Bonchev–Trinajstić information content (AvgIpc) is 2.53. The molecule has 4 heteroatoms. The molecule has 0 radical (unpaired) electrons. The molecule has 0 N–H and O–H groups in total. The average molecular weight is 292 g/mol. The van der Waals surface area contributed by atoms with Gasteiger partial charge in [-0.15, -0.1) is 0 Å². The first-order chi connectivity index (χ1) is 10.1. The van der Waals surface area contributed by atoms with Gasteiger partial charge in [-0.25, -0.2) is 0 Å².